The summed E-state index contributed by atoms with van der Waals surface area (Å²) in [5, 5.41) is 2.40. The van der Waals surface area contributed by atoms with E-state index in [4.69, 9.17) is 9.63 Å². The van der Waals surface area contributed by atoms with Crippen molar-refractivity contribution in [1.29, 1.82) is 0 Å². The molecule has 0 aliphatic carbocycles. The summed E-state index contributed by atoms with van der Waals surface area (Å²) in [5.74, 6) is -3.95. The topological polar surface area (TPSA) is 118 Å². The fourth-order valence-electron chi connectivity index (χ4n) is 2.59. The van der Waals surface area contributed by atoms with Gasteiger partial charge in [0.25, 0.3) is 11.8 Å². The molecular formula is C17H19F2N3O6P+. The Morgan fingerprint density at radius 1 is 1.48 bits per heavy atom. The average molecular weight is 430 g/mol. The number of benzene rings is 1. The third-order valence-corrected chi connectivity index (χ3v) is 4.23. The van der Waals surface area contributed by atoms with Crippen molar-refractivity contribution in [3.8, 4) is 0 Å². The zero-order valence-corrected chi connectivity index (χ0v) is 16.2. The minimum Gasteiger partial charge on any atom is -0.351 e. The lowest BCUT2D eigenvalue weighted by Gasteiger charge is -2.26. The monoisotopic (exact) mass is 430 g/mol. The van der Waals surface area contributed by atoms with Gasteiger partial charge in [0.05, 0.1) is 6.10 Å². The van der Waals surface area contributed by atoms with Gasteiger partial charge < -0.3 is 15.0 Å². The largest absolute Gasteiger partial charge is 0.694 e. The second-order valence-electron chi connectivity index (χ2n) is 6.03. The average Bonchev–Trinajstić information content (AvgIpc) is 2.99. The van der Waals surface area contributed by atoms with E-state index in [1.54, 1.807) is 30.3 Å². The van der Waals surface area contributed by atoms with E-state index in [9.17, 15) is 22.9 Å². The smallest absolute Gasteiger partial charge is 0.351 e. The molecule has 1 aliphatic heterocycles. The minimum atomic E-state index is -3.26. The first-order valence-corrected chi connectivity index (χ1v) is 9.46. The van der Waals surface area contributed by atoms with Crippen LogP contribution in [0.5, 0.6) is 0 Å². The van der Waals surface area contributed by atoms with Crippen LogP contribution in [0, 0.1) is 0 Å². The van der Waals surface area contributed by atoms with Crippen molar-refractivity contribution < 1.29 is 37.1 Å². The van der Waals surface area contributed by atoms with Crippen LogP contribution < -0.4 is 5.32 Å². The first-order chi connectivity index (χ1) is 13.7. The Morgan fingerprint density at radius 3 is 2.79 bits per heavy atom. The molecule has 9 nitrogen and oxygen atoms in total. The highest BCUT2D eigenvalue weighted by atomic mass is 31.1. The number of rotatable bonds is 8. The SMILES string of the molecule is CN(/C=C\C(=NC=O)NC(=O)c1ccccc1)[C@@H]1O[C@H](CO[P+](=O)O)CC1(F)F. The van der Waals surface area contributed by atoms with Gasteiger partial charge >= 0.3 is 8.25 Å². The Labute approximate surface area is 166 Å². The molecule has 0 radical (unpaired) electrons. The van der Waals surface area contributed by atoms with Crippen molar-refractivity contribution in [1.82, 2.24) is 10.2 Å². The summed E-state index contributed by atoms with van der Waals surface area (Å²) < 4.78 is 48.6. The van der Waals surface area contributed by atoms with Gasteiger partial charge in [0.1, 0.15) is 12.4 Å². The lowest BCUT2D eigenvalue weighted by atomic mass is 10.2. The van der Waals surface area contributed by atoms with Crippen LogP contribution in [0.3, 0.4) is 0 Å². The van der Waals surface area contributed by atoms with E-state index in [0.717, 1.165) is 4.90 Å². The second kappa shape index (κ2) is 10.3. The molecule has 0 saturated carbocycles. The van der Waals surface area contributed by atoms with Crippen molar-refractivity contribution >= 4 is 26.4 Å². The van der Waals surface area contributed by atoms with Crippen LogP contribution in [-0.4, -0.2) is 59.9 Å². The van der Waals surface area contributed by atoms with E-state index >= 15 is 0 Å². The highest BCUT2D eigenvalue weighted by Crippen LogP contribution is 2.38. The molecule has 2 rings (SSSR count). The van der Waals surface area contributed by atoms with Crippen molar-refractivity contribution in [3.05, 3.63) is 48.2 Å². The molecule has 1 aliphatic rings. The molecule has 29 heavy (non-hydrogen) atoms. The van der Waals surface area contributed by atoms with Gasteiger partial charge in [-0.1, -0.05) is 18.2 Å². The Morgan fingerprint density at radius 2 is 2.17 bits per heavy atom. The molecule has 0 aromatic heterocycles. The van der Waals surface area contributed by atoms with Crippen LogP contribution >= 0.6 is 8.25 Å². The molecule has 0 spiro atoms. The van der Waals surface area contributed by atoms with E-state index in [-0.39, 0.29) is 12.2 Å². The maximum Gasteiger partial charge on any atom is 0.694 e. The predicted octanol–water partition coefficient (Wildman–Crippen LogP) is 1.83. The molecule has 1 aromatic carbocycles. The third kappa shape index (κ3) is 6.75. The fraction of sp³-hybridized carbons (Fsp3) is 0.353. The molecule has 12 heteroatoms. The van der Waals surface area contributed by atoms with Crippen LogP contribution in [0.25, 0.3) is 0 Å². The van der Waals surface area contributed by atoms with Gasteiger partial charge in [0.2, 0.25) is 6.41 Å². The number of nitrogens with one attached hydrogen (secondary N) is 1. The molecule has 0 bridgehead atoms. The lowest BCUT2D eigenvalue weighted by molar-refractivity contribution is -0.132. The van der Waals surface area contributed by atoms with E-state index in [1.807, 2.05) is 0 Å². The molecule has 1 heterocycles. The van der Waals surface area contributed by atoms with E-state index < -0.39 is 45.4 Å². The maximum atomic E-state index is 14.2. The fourth-order valence-corrected chi connectivity index (χ4v) is 2.89. The van der Waals surface area contributed by atoms with Crippen LogP contribution in [0.1, 0.15) is 16.8 Å². The summed E-state index contributed by atoms with van der Waals surface area (Å²) in [4.78, 5) is 36.0. The van der Waals surface area contributed by atoms with Crippen molar-refractivity contribution in [2.45, 2.75) is 24.7 Å². The highest BCUT2D eigenvalue weighted by Gasteiger charge is 2.52. The summed E-state index contributed by atoms with van der Waals surface area (Å²) in [6.45, 7) is -0.458. The predicted molar refractivity (Wildman–Crippen MR) is 98.3 cm³/mol. The summed E-state index contributed by atoms with van der Waals surface area (Å²) >= 11 is 0. The molecule has 156 valence electrons. The highest BCUT2D eigenvalue weighted by molar-refractivity contribution is 7.32. The molecule has 1 unspecified atom stereocenters. The van der Waals surface area contributed by atoms with Gasteiger partial charge in [-0.3, -0.25) is 9.59 Å². The summed E-state index contributed by atoms with van der Waals surface area (Å²) in [6, 6.07) is 8.15. The summed E-state index contributed by atoms with van der Waals surface area (Å²) in [5.41, 5.74) is 0.323. The van der Waals surface area contributed by atoms with Gasteiger partial charge in [-0.2, -0.15) is 4.99 Å². The van der Waals surface area contributed by atoms with E-state index in [1.165, 1.54) is 19.3 Å². The summed E-state index contributed by atoms with van der Waals surface area (Å²) in [7, 11) is -1.61. The van der Waals surface area contributed by atoms with Crippen LogP contribution in [0.4, 0.5) is 8.78 Å². The number of hydrogen-bond donors (Lipinski definition) is 2. The first-order valence-electron chi connectivity index (χ1n) is 8.33. The number of alkyl halides is 2. The number of nitrogens with zero attached hydrogens (tertiary/aromatic N) is 2. The Balaban J connectivity index is 2.03. The summed E-state index contributed by atoms with van der Waals surface area (Å²) in [6.07, 6.45) is -0.900. The number of amides is 2. The van der Waals surface area contributed by atoms with E-state index in [0.29, 0.717) is 5.56 Å². The van der Waals surface area contributed by atoms with Gasteiger partial charge in [0, 0.05) is 29.8 Å². The number of carbonyl (C=O) groups excluding carboxylic acids is 2. The third-order valence-electron chi connectivity index (χ3n) is 3.86. The molecule has 3 atom stereocenters. The molecule has 2 amide bonds. The zero-order valence-electron chi connectivity index (χ0n) is 15.3. The number of aliphatic imine (C=N–C) groups is 1. The second-order valence-corrected chi connectivity index (χ2v) is 6.76. The normalized spacial score (nSPS) is 21.8. The number of carbonyl (C=O) groups is 2. The maximum absolute atomic E-state index is 14.2. The molecule has 1 saturated heterocycles. The van der Waals surface area contributed by atoms with Crippen molar-refractivity contribution in [2.24, 2.45) is 4.99 Å². The Hall–Kier alpha value is -2.59. The minimum absolute atomic E-state index is 0.154. The van der Waals surface area contributed by atoms with Crippen LogP contribution in [0.2, 0.25) is 0 Å². The van der Waals surface area contributed by atoms with Crippen molar-refractivity contribution in [3.63, 3.8) is 0 Å². The van der Waals surface area contributed by atoms with Gasteiger partial charge in [-0.05, 0) is 18.2 Å². The standard InChI is InChI=1S/C17H18F2N3O6P/c1-22(16-17(18,19)9-13(28-16)10-27-29(25)26)8-7-14(20-11-23)21-15(24)12-5-3-2-4-6-12/h2-8,11,13,16H,9-10H2,1H3,(H-,20,21,23,24,25,26)/p+1/b8-7-/t13-,16+/m0/s1. The van der Waals surface area contributed by atoms with Crippen molar-refractivity contribution in [2.75, 3.05) is 13.7 Å². The Kier molecular flexibility index (Phi) is 8.03. The van der Waals surface area contributed by atoms with Gasteiger partial charge in [-0.25, -0.2) is 8.78 Å². The molecule has 1 aromatic rings. The quantitative estimate of drug-likeness (QED) is 0.280. The van der Waals surface area contributed by atoms with E-state index in [2.05, 4.69) is 14.8 Å². The molecule has 2 N–H and O–H groups in total. The van der Waals surface area contributed by atoms with Crippen LogP contribution in [-0.2, 0) is 18.6 Å². The number of amidine groups is 1. The number of halogens is 2. The Bertz CT molecular complexity index is 806. The number of hydrogen-bond acceptors (Lipinski definition) is 6. The molecular weight excluding hydrogens is 411 g/mol. The van der Waals surface area contributed by atoms with Gasteiger partial charge in [-0.15, -0.1) is 9.42 Å². The number of ether oxygens (including phenoxy) is 1. The first kappa shape index (κ1) is 22.7. The zero-order chi connectivity index (χ0) is 21.4. The molecule has 1 fully saturated rings. The van der Waals surface area contributed by atoms with Gasteiger partial charge in [0.15, 0.2) is 6.23 Å². The van der Waals surface area contributed by atoms with Crippen LogP contribution in [0.15, 0.2) is 47.6 Å². The lowest BCUT2D eigenvalue weighted by Crippen LogP contribution is -2.40.